The summed E-state index contributed by atoms with van der Waals surface area (Å²) in [7, 11) is 1.75. The van der Waals surface area contributed by atoms with E-state index in [2.05, 4.69) is 23.5 Å². The molecule has 0 spiro atoms. The number of hydrogen-bond acceptors (Lipinski definition) is 2. The summed E-state index contributed by atoms with van der Waals surface area (Å²) < 4.78 is 5.32. The topological polar surface area (TPSA) is 21.3 Å². The molecule has 3 saturated carbocycles. The number of nitrogens with one attached hydrogen (secondary N) is 1. The first-order valence-corrected chi connectivity index (χ1v) is 8.16. The van der Waals surface area contributed by atoms with Crippen LogP contribution in [0, 0.1) is 11.3 Å². The Balaban J connectivity index is 1.27. The number of ether oxygens (including phenoxy) is 1. The van der Waals surface area contributed by atoms with Crippen molar-refractivity contribution in [3.05, 3.63) is 29.8 Å². The molecule has 0 saturated heterocycles. The van der Waals surface area contributed by atoms with E-state index in [1.165, 1.54) is 50.6 Å². The van der Waals surface area contributed by atoms with Crippen LogP contribution in [0.4, 0.5) is 0 Å². The van der Waals surface area contributed by atoms with E-state index in [1.807, 2.05) is 6.07 Å². The van der Waals surface area contributed by atoms with Gasteiger partial charge in [0.15, 0.2) is 0 Å². The van der Waals surface area contributed by atoms with E-state index < -0.39 is 0 Å². The fourth-order valence-electron chi connectivity index (χ4n) is 3.89. The molecule has 4 rings (SSSR count). The van der Waals surface area contributed by atoms with Crippen molar-refractivity contribution in [2.45, 2.75) is 50.5 Å². The van der Waals surface area contributed by atoms with Crippen LogP contribution in [0.25, 0.3) is 0 Å². The van der Waals surface area contributed by atoms with Gasteiger partial charge in [0.1, 0.15) is 5.75 Å². The van der Waals surface area contributed by atoms with Crippen LogP contribution in [0.5, 0.6) is 5.75 Å². The molecule has 0 atom stereocenters. The Kier molecular flexibility index (Phi) is 3.03. The molecule has 0 unspecified atom stereocenters. The van der Waals surface area contributed by atoms with Crippen molar-refractivity contribution in [3.63, 3.8) is 0 Å². The zero-order valence-corrected chi connectivity index (χ0v) is 12.4. The molecule has 0 amide bonds. The Morgan fingerprint density at radius 1 is 1.25 bits per heavy atom. The molecular weight excluding hydrogens is 246 g/mol. The Bertz CT molecular complexity index is 484. The van der Waals surface area contributed by atoms with Crippen molar-refractivity contribution in [2.24, 2.45) is 11.3 Å². The predicted molar refractivity (Wildman–Crippen MR) is 81.2 cm³/mol. The summed E-state index contributed by atoms with van der Waals surface area (Å²) in [6, 6.07) is 9.34. The highest BCUT2D eigenvalue weighted by atomic mass is 16.5. The van der Waals surface area contributed by atoms with Crippen molar-refractivity contribution >= 4 is 0 Å². The molecule has 3 aliphatic carbocycles. The first kappa shape index (κ1) is 12.7. The molecule has 3 aliphatic rings. The lowest BCUT2D eigenvalue weighted by Crippen LogP contribution is -2.43. The average molecular weight is 271 g/mol. The molecule has 2 heteroatoms. The van der Waals surface area contributed by atoms with Gasteiger partial charge in [-0.3, -0.25) is 0 Å². The van der Waals surface area contributed by atoms with E-state index in [-0.39, 0.29) is 0 Å². The highest BCUT2D eigenvalue weighted by molar-refractivity contribution is 5.32. The Hall–Kier alpha value is -1.02. The highest BCUT2D eigenvalue weighted by Gasteiger charge is 2.53. The maximum absolute atomic E-state index is 5.32. The minimum atomic E-state index is 0.735. The maximum atomic E-state index is 5.32. The van der Waals surface area contributed by atoms with E-state index in [0.717, 1.165) is 29.0 Å². The van der Waals surface area contributed by atoms with Gasteiger partial charge in [-0.25, -0.2) is 0 Å². The van der Waals surface area contributed by atoms with Crippen LogP contribution in [0.1, 0.15) is 50.0 Å². The van der Waals surface area contributed by atoms with Crippen molar-refractivity contribution in [1.82, 2.24) is 5.32 Å². The van der Waals surface area contributed by atoms with Crippen molar-refractivity contribution in [1.29, 1.82) is 0 Å². The first-order chi connectivity index (χ1) is 9.79. The zero-order valence-electron chi connectivity index (χ0n) is 12.4. The number of methoxy groups -OCH3 is 1. The second-order valence-electron chi connectivity index (χ2n) is 7.16. The van der Waals surface area contributed by atoms with Gasteiger partial charge in [-0.1, -0.05) is 12.1 Å². The van der Waals surface area contributed by atoms with Gasteiger partial charge in [0, 0.05) is 12.6 Å². The van der Waals surface area contributed by atoms with Crippen LogP contribution in [-0.2, 0) is 0 Å². The maximum Gasteiger partial charge on any atom is 0.119 e. The van der Waals surface area contributed by atoms with Crippen LogP contribution in [0.2, 0.25) is 0 Å². The predicted octanol–water partition coefficient (Wildman–Crippen LogP) is 3.72. The summed E-state index contributed by atoms with van der Waals surface area (Å²) in [6.45, 7) is 1.28. The summed E-state index contributed by atoms with van der Waals surface area (Å²) >= 11 is 0. The van der Waals surface area contributed by atoms with E-state index >= 15 is 0 Å². The van der Waals surface area contributed by atoms with Gasteiger partial charge in [0.2, 0.25) is 0 Å². The molecule has 0 bridgehead atoms. The van der Waals surface area contributed by atoms with E-state index in [4.69, 9.17) is 4.74 Å². The van der Waals surface area contributed by atoms with Crippen LogP contribution >= 0.6 is 0 Å². The number of rotatable bonds is 6. The van der Waals surface area contributed by atoms with Crippen molar-refractivity contribution in [3.8, 4) is 5.75 Å². The van der Waals surface area contributed by atoms with Gasteiger partial charge in [0.05, 0.1) is 7.11 Å². The third-order valence-electron chi connectivity index (χ3n) is 5.78. The SMILES string of the molecule is COc1cccc(C2CC(NCC3(C4CC4)CC3)C2)c1. The quantitative estimate of drug-likeness (QED) is 0.851. The molecule has 20 heavy (non-hydrogen) atoms. The molecule has 2 nitrogen and oxygen atoms in total. The molecule has 1 aromatic carbocycles. The summed E-state index contributed by atoms with van der Waals surface area (Å²) in [5.41, 5.74) is 2.19. The molecule has 0 heterocycles. The second-order valence-corrected chi connectivity index (χ2v) is 7.16. The molecule has 3 fully saturated rings. The van der Waals surface area contributed by atoms with Crippen LogP contribution in [0.15, 0.2) is 24.3 Å². The Morgan fingerprint density at radius 2 is 2.05 bits per heavy atom. The first-order valence-electron chi connectivity index (χ1n) is 8.16. The number of benzene rings is 1. The lowest BCUT2D eigenvalue weighted by atomic mass is 9.75. The molecule has 108 valence electrons. The molecule has 0 radical (unpaired) electrons. The van der Waals surface area contributed by atoms with Crippen molar-refractivity contribution in [2.75, 3.05) is 13.7 Å². The second kappa shape index (κ2) is 4.77. The summed E-state index contributed by atoms with van der Waals surface area (Å²) in [5.74, 6) is 2.80. The summed E-state index contributed by atoms with van der Waals surface area (Å²) in [5, 5.41) is 3.84. The average Bonchev–Trinajstić information content (AvgIpc) is 3.29. The minimum absolute atomic E-state index is 0.735. The van der Waals surface area contributed by atoms with E-state index in [9.17, 15) is 0 Å². The smallest absolute Gasteiger partial charge is 0.119 e. The van der Waals surface area contributed by atoms with E-state index in [0.29, 0.717) is 0 Å². The van der Waals surface area contributed by atoms with Gasteiger partial charge in [-0.05, 0) is 73.5 Å². The molecule has 0 aliphatic heterocycles. The fraction of sp³-hybridized carbons (Fsp3) is 0.667. The minimum Gasteiger partial charge on any atom is -0.497 e. The molecule has 0 aromatic heterocycles. The normalized spacial score (nSPS) is 30.6. The Morgan fingerprint density at radius 3 is 2.70 bits per heavy atom. The monoisotopic (exact) mass is 271 g/mol. The van der Waals surface area contributed by atoms with Crippen LogP contribution in [0.3, 0.4) is 0 Å². The van der Waals surface area contributed by atoms with Crippen molar-refractivity contribution < 1.29 is 4.74 Å². The summed E-state index contributed by atoms with van der Waals surface area (Å²) in [6.07, 6.45) is 8.56. The van der Waals surface area contributed by atoms with Gasteiger partial charge < -0.3 is 10.1 Å². The zero-order chi connectivity index (χ0) is 13.6. The number of hydrogen-bond donors (Lipinski definition) is 1. The highest BCUT2D eigenvalue weighted by Crippen LogP contribution is 2.61. The largest absolute Gasteiger partial charge is 0.497 e. The fourth-order valence-corrected chi connectivity index (χ4v) is 3.89. The lowest BCUT2D eigenvalue weighted by molar-refractivity contribution is 0.261. The molecule has 1 aromatic rings. The van der Waals surface area contributed by atoms with Gasteiger partial charge in [-0.15, -0.1) is 0 Å². The van der Waals surface area contributed by atoms with Gasteiger partial charge in [-0.2, -0.15) is 0 Å². The van der Waals surface area contributed by atoms with Crippen LogP contribution in [-0.4, -0.2) is 19.7 Å². The third-order valence-corrected chi connectivity index (χ3v) is 5.78. The molecule has 1 N–H and O–H groups in total. The molecular formula is C18H25NO. The Labute approximate surface area is 121 Å². The summed E-state index contributed by atoms with van der Waals surface area (Å²) in [4.78, 5) is 0. The lowest BCUT2D eigenvalue weighted by Gasteiger charge is -2.37. The van der Waals surface area contributed by atoms with Gasteiger partial charge >= 0.3 is 0 Å². The third kappa shape index (κ3) is 2.35. The van der Waals surface area contributed by atoms with Crippen LogP contribution < -0.4 is 10.1 Å². The standard InChI is InChI=1S/C18H25NO/c1-20-17-4-2-3-13(11-17)14-9-16(10-14)19-12-18(7-8-18)15-5-6-15/h2-4,11,14-16,19H,5-10,12H2,1H3. The van der Waals surface area contributed by atoms with Gasteiger partial charge in [0.25, 0.3) is 0 Å². The van der Waals surface area contributed by atoms with E-state index in [1.54, 1.807) is 7.11 Å².